The van der Waals surface area contributed by atoms with Gasteiger partial charge < -0.3 is 10.6 Å². The van der Waals surface area contributed by atoms with Crippen LogP contribution in [0.4, 0.5) is 10.8 Å². The van der Waals surface area contributed by atoms with Gasteiger partial charge in [-0.2, -0.15) is 5.10 Å². The summed E-state index contributed by atoms with van der Waals surface area (Å²) in [7, 11) is 0. The molecule has 1 unspecified atom stereocenters. The number of aromatic nitrogens is 4. The van der Waals surface area contributed by atoms with E-state index in [1.165, 1.54) is 11.3 Å². The molecule has 138 valence electrons. The summed E-state index contributed by atoms with van der Waals surface area (Å²) in [6.45, 7) is 5.92. The van der Waals surface area contributed by atoms with Crippen LogP contribution in [0.15, 0.2) is 42.7 Å². The molecule has 0 radical (unpaired) electrons. The molecule has 1 amide bonds. The number of fused-ring (bicyclic) bond motifs is 2. The van der Waals surface area contributed by atoms with Gasteiger partial charge in [0.25, 0.3) is 0 Å². The first kappa shape index (κ1) is 17.4. The Labute approximate surface area is 160 Å². The van der Waals surface area contributed by atoms with Gasteiger partial charge in [-0.15, -0.1) is 0 Å². The zero-order chi connectivity index (χ0) is 19.0. The first-order valence-corrected chi connectivity index (χ1v) is 9.59. The molecular formula is C19H20N6OS. The molecule has 1 aromatic carbocycles. The minimum Gasteiger partial charge on any atom is -0.350 e. The first-order chi connectivity index (χ1) is 13.0. The number of rotatable bonds is 5. The lowest BCUT2D eigenvalue weighted by atomic mass is 10.3. The van der Waals surface area contributed by atoms with Crippen molar-refractivity contribution in [2.45, 2.75) is 32.9 Å². The third-order valence-electron chi connectivity index (χ3n) is 4.22. The van der Waals surface area contributed by atoms with E-state index in [0.717, 1.165) is 26.4 Å². The van der Waals surface area contributed by atoms with Gasteiger partial charge >= 0.3 is 0 Å². The number of benzene rings is 1. The molecule has 0 spiro atoms. The Morgan fingerprint density at radius 3 is 2.78 bits per heavy atom. The lowest BCUT2D eigenvalue weighted by Crippen LogP contribution is -2.31. The molecule has 1 atom stereocenters. The quantitative estimate of drug-likeness (QED) is 0.545. The van der Waals surface area contributed by atoms with Gasteiger partial charge in [0.15, 0.2) is 10.8 Å². The summed E-state index contributed by atoms with van der Waals surface area (Å²) in [5.74, 6) is -0.147. The van der Waals surface area contributed by atoms with E-state index >= 15 is 0 Å². The maximum Gasteiger partial charge on any atom is 0.246 e. The molecule has 7 nitrogen and oxygen atoms in total. The number of amides is 1. The largest absolute Gasteiger partial charge is 0.350 e. The highest BCUT2D eigenvalue weighted by molar-refractivity contribution is 7.22. The number of anilines is 2. The van der Waals surface area contributed by atoms with Crippen molar-refractivity contribution >= 4 is 49.3 Å². The Bertz CT molecular complexity index is 1080. The topological polar surface area (TPSA) is 84.7 Å². The fourth-order valence-electron chi connectivity index (χ4n) is 2.82. The third kappa shape index (κ3) is 3.48. The number of hydrogen-bond acceptors (Lipinski definition) is 6. The van der Waals surface area contributed by atoms with E-state index in [-0.39, 0.29) is 11.9 Å². The lowest BCUT2D eigenvalue weighted by Gasteiger charge is -2.13. The van der Waals surface area contributed by atoms with Crippen LogP contribution in [0.25, 0.3) is 21.3 Å². The molecule has 3 aromatic heterocycles. The Morgan fingerprint density at radius 1 is 1.19 bits per heavy atom. The molecule has 0 fully saturated rings. The van der Waals surface area contributed by atoms with Gasteiger partial charge in [-0.05, 0) is 39.0 Å². The fourth-order valence-corrected chi connectivity index (χ4v) is 3.77. The van der Waals surface area contributed by atoms with Crippen molar-refractivity contribution in [1.82, 2.24) is 19.7 Å². The van der Waals surface area contributed by atoms with E-state index < -0.39 is 6.04 Å². The molecule has 0 saturated heterocycles. The number of carbonyl (C=O) groups excluding carboxylic acids is 1. The van der Waals surface area contributed by atoms with E-state index in [9.17, 15) is 4.79 Å². The van der Waals surface area contributed by atoms with E-state index in [2.05, 4.69) is 39.5 Å². The maximum absolute atomic E-state index is 12.5. The van der Waals surface area contributed by atoms with Gasteiger partial charge in [0.05, 0.1) is 28.3 Å². The van der Waals surface area contributed by atoms with Crippen molar-refractivity contribution in [1.29, 1.82) is 0 Å². The number of hydrogen-bond donors (Lipinski definition) is 2. The SMILES string of the molecule is CC(Nc1nc2ccccc2s1)C(=O)Nc1cnc2c(cnn2C(C)C)c1. The van der Waals surface area contributed by atoms with Crippen LogP contribution in [0.2, 0.25) is 0 Å². The predicted molar refractivity (Wildman–Crippen MR) is 109 cm³/mol. The Hall–Kier alpha value is -3.00. The molecule has 27 heavy (non-hydrogen) atoms. The van der Waals surface area contributed by atoms with Crippen LogP contribution in [0.3, 0.4) is 0 Å². The highest BCUT2D eigenvalue weighted by atomic mass is 32.1. The molecule has 0 bridgehead atoms. The highest BCUT2D eigenvalue weighted by Crippen LogP contribution is 2.26. The van der Waals surface area contributed by atoms with Crippen LogP contribution in [0, 0.1) is 0 Å². The number of thiazole rings is 1. The predicted octanol–water partition coefficient (Wildman–Crippen LogP) is 4.06. The summed E-state index contributed by atoms with van der Waals surface area (Å²) in [4.78, 5) is 21.5. The number of pyridine rings is 1. The molecule has 0 aliphatic carbocycles. The van der Waals surface area contributed by atoms with Crippen molar-refractivity contribution in [3.63, 3.8) is 0 Å². The number of para-hydroxylation sites is 1. The molecule has 2 N–H and O–H groups in total. The zero-order valence-corrected chi connectivity index (χ0v) is 16.1. The summed E-state index contributed by atoms with van der Waals surface area (Å²) < 4.78 is 2.95. The zero-order valence-electron chi connectivity index (χ0n) is 15.3. The molecule has 4 rings (SSSR count). The molecule has 0 saturated carbocycles. The summed E-state index contributed by atoms with van der Waals surface area (Å²) in [5, 5.41) is 12.0. The number of carbonyl (C=O) groups is 1. The second-order valence-electron chi connectivity index (χ2n) is 6.66. The molecule has 8 heteroatoms. The van der Waals surface area contributed by atoms with Crippen molar-refractivity contribution in [2.24, 2.45) is 0 Å². The molecule has 3 heterocycles. The standard InChI is InChI=1S/C19H20N6OS/c1-11(2)25-17-13(9-21-25)8-14(10-20-17)23-18(26)12(3)22-19-24-15-6-4-5-7-16(15)27-19/h4-12H,1-3H3,(H,22,24)(H,23,26). The van der Waals surface area contributed by atoms with Gasteiger partial charge in [-0.1, -0.05) is 23.5 Å². The van der Waals surface area contributed by atoms with E-state index in [4.69, 9.17) is 0 Å². The van der Waals surface area contributed by atoms with Gasteiger partial charge in [0.2, 0.25) is 5.91 Å². The number of nitrogens with one attached hydrogen (secondary N) is 2. The van der Waals surface area contributed by atoms with Crippen molar-refractivity contribution in [3.05, 3.63) is 42.7 Å². The minimum atomic E-state index is -0.431. The lowest BCUT2D eigenvalue weighted by molar-refractivity contribution is -0.116. The van der Waals surface area contributed by atoms with E-state index in [0.29, 0.717) is 5.69 Å². The van der Waals surface area contributed by atoms with E-state index in [1.807, 2.05) is 41.9 Å². The monoisotopic (exact) mass is 380 g/mol. The second-order valence-corrected chi connectivity index (χ2v) is 7.69. The van der Waals surface area contributed by atoms with Crippen molar-refractivity contribution in [3.8, 4) is 0 Å². The van der Waals surface area contributed by atoms with Crippen LogP contribution in [0.1, 0.15) is 26.8 Å². The van der Waals surface area contributed by atoms with Crippen LogP contribution in [0.5, 0.6) is 0 Å². The third-order valence-corrected chi connectivity index (χ3v) is 5.18. The van der Waals surface area contributed by atoms with Crippen LogP contribution in [-0.2, 0) is 4.79 Å². The molecule has 0 aliphatic rings. The van der Waals surface area contributed by atoms with Gasteiger partial charge in [0.1, 0.15) is 6.04 Å². The minimum absolute atomic E-state index is 0.147. The summed E-state index contributed by atoms with van der Waals surface area (Å²) in [6.07, 6.45) is 3.42. The van der Waals surface area contributed by atoms with Crippen molar-refractivity contribution in [2.75, 3.05) is 10.6 Å². The van der Waals surface area contributed by atoms with Crippen molar-refractivity contribution < 1.29 is 4.79 Å². The second kappa shape index (κ2) is 6.96. The molecule has 4 aromatic rings. The summed E-state index contributed by atoms with van der Waals surface area (Å²) >= 11 is 1.53. The normalized spacial score (nSPS) is 12.6. The Balaban J connectivity index is 1.47. The number of nitrogens with zero attached hydrogens (tertiary/aromatic N) is 4. The average molecular weight is 380 g/mol. The smallest absolute Gasteiger partial charge is 0.246 e. The Morgan fingerprint density at radius 2 is 2.00 bits per heavy atom. The maximum atomic E-state index is 12.5. The molecular weight excluding hydrogens is 360 g/mol. The Kier molecular flexibility index (Phi) is 4.49. The van der Waals surface area contributed by atoms with Gasteiger partial charge in [-0.25, -0.2) is 14.6 Å². The highest BCUT2D eigenvalue weighted by Gasteiger charge is 2.16. The summed E-state index contributed by atoms with van der Waals surface area (Å²) in [6, 6.07) is 9.59. The fraction of sp³-hybridized carbons (Fsp3) is 0.263. The first-order valence-electron chi connectivity index (χ1n) is 8.77. The summed E-state index contributed by atoms with van der Waals surface area (Å²) in [5.41, 5.74) is 2.38. The average Bonchev–Trinajstić information content (AvgIpc) is 3.24. The van der Waals surface area contributed by atoms with Crippen LogP contribution >= 0.6 is 11.3 Å². The van der Waals surface area contributed by atoms with Gasteiger partial charge in [0, 0.05) is 11.4 Å². The van der Waals surface area contributed by atoms with E-state index in [1.54, 1.807) is 12.4 Å². The molecule has 0 aliphatic heterocycles. The van der Waals surface area contributed by atoms with Crippen LogP contribution < -0.4 is 10.6 Å². The van der Waals surface area contributed by atoms with Gasteiger partial charge in [-0.3, -0.25) is 4.79 Å². The van der Waals surface area contributed by atoms with Crippen LogP contribution in [-0.4, -0.2) is 31.7 Å².